The molecular formula is C28H32N4. The molecule has 0 atom stereocenters. The summed E-state index contributed by atoms with van der Waals surface area (Å²) in [6, 6.07) is 4.66. The first-order valence-corrected chi connectivity index (χ1v) is 11.4. The van der Waals surface area contributed by atoms with E-state index in [-0.39, 0.29) is 0 Å². The zero-order valence-corrected chi connectivity index (χ0v) is 20.1. The van der Waals surface area contributed by atoms with Gasteiger partial charge < -0.3 is 18.3 Å². The maximum absolute atomic E-state index is 3.57. The Labute approximate surface area is 191 Å². The van der Waals surface area contributed by atoms with Crippen molar-refractivity contribution in [3.05, 3.63) is 105 Å². The maximum Gasteiger partial charge on any atom is 0.204 e. The van der Waals surface area contributed by atoms with Crippen molar-refractivity contribution >= 4 is 0 Å². The lowest BCUT2D eigenvalue weighted by molar-refractivity contribution is -0.693. The molecule has 0 unspecified atom stereocenters. The van der Waals surface area contributed by atoms with Gasteiger partial charge in [0.25, 0.3) is 0 Å². The van der Waals surface area contributed by atoms with Gasteiger partial charge in [-0.2, -0.15) is 0 Å². The molecule has 8 bridgehead atoms. The molecule has 0 N–H and O–H groups in total. The highest BCUT2D eigenvalue weighted by molar-refractivity contribution is 5.45. The summed E-state index contributed by atoms with van der Waals surface area (Å²) in [6.45, 7) is 16.8. The van der Waals surface area contributed by atoms with Crippen LogP contribution in [0.2, 0.25) is 0 Å². The van der Waals surface area contributed by atoms with Crippen LogP contribution in [0.25, 0.3) is 0 Å². The van der Waals surface area contributed by atoms with Crippen LogP contribution in [0.15, 0.2) is 36.9 Å². The summed E-state index contributed by atoms with van der Waals surface area (Å²) < 4.78 is 8.76. The predicted molar refractivity (Wildman–Crippen MR) is 125 cm³/mol. The van der Waals surface area contributed by atoms with Gasteiger partial charge in [-0.25, -0.2) is 0 Å². The molecule has 0 saturated heterocycles. The molecule has 2 aromatic carbocycles. The topological polar surface area (TPSA) is 17.6 Å². The predicted octanol–water partition coefficient (Wildman–Crippen LogP) is 3.82. The average Bonchev–Trinajstić information content (AvgIpc) is 3.37. The van der Waals surface area contributed by atoms with Gasteiger partial charge in [-0.3, -0.25) is 0 Å². The smallest absolute Gasteiger partial charge is 0.204 e. The Hall–Kier alpha value is -3.14. The fourth-order valence-corrected chi connectivity index (χ4v) is 5.34. The van der Waals surface area contributed by atoms with E-state index in [2.05, 4.69) is 109 Å². The van der Waals surface area contributed by atoms with Gasteiger partial charge in [0, 0.05) is 0 Å². The fourth-order valence-electron chi connectivity index (χ4n) is 5.34. The molecule has 1 aliphatic rings. The number of aromatic nitrogens is 4. The van der Waals surface area contributed by atoms with Crippen molar-refractivity contribution < 1.29 is 9.13 Å². The van der Waals surface area contributed by atoms with Crippen LogP contribution in [0.1, 0.15) is 55.6 Å². The van der Waals surface area contributed by atoms with Gasteiger partial charge in [-0.15, -0.1) is 0 Å². The van der Waals surface area contributed by atoms with Gasteiger partial charge >= 0.3 is 0 Å². The van der Waals surface area contributed by atoms with Gasteiger partial charge in [0.1, 0.15) is 0 Å². The highest BCUT2D eigenvalue weighted by Gasteiger charge is 2.17. The van der Waals surface area contributed by atoms with E-state index in [1.165, 1.54) is 55.6 Å². The second-order valence-corrected chi connectivity index (χ2v) is 9.49. The number of aryl methyl sites for hydroxylation is 4. The Kier molecular flexibility index (Phi) is 5.04. The van der Waals surface area contributed by atoms with Crippen molar-refractivity contribution in [1.82, 2.24) is 9.13 Å². The molecule has 2 aromatic heterocycles. The third kappa shape index (κ3) is 3.58. The minimum atomic E-state index is 0.838. The van der Waals surface area contributed by atoms with Crippen LogP contribution in [0.4, 0.5) is 0 Å². The minimum absolute atomic E-state index is 0.838. The molecule has 4 nitrogen and oxygen atoms in total. The number of nitrogens with zero attached hydrogens (tertiary/aromatic N) is 4. The van der Waals surface area contributed by atoms with Crippen LogP contribution in [0.3, 0.4) is 0 Å². The zero-order chi connectivity index (χ0) is 22.6. The van der Waals surface area contributed by atoms with E-state index in [9.17, 15) is 0 Å². The van der Waals surface area contributed by atoms with E-state index in [1.807, 2.05) is 0 Å². The Morgan fingerprint density at radius 2 is 0.969 bits per heavy atom. The van der Waals surface area contributed by atoms with Gasteiger partial charge in [0.2, 0.25) is 12.7 Å². The first-order chi connectivity index (χ1) is 15.3. The lowest BCUT2D eigenvalue weighted by atomic mass is 9.93. The summed E-state index contributed by atoms with van der Waals surface area (Å²) in [7, 11) is 0. The molecule has 0 amide bonds. The molecule has 0 fully saturated rings. The number of fused-ring (bicyclic) bond motifs is 8. The quantitative estimate of drug-likeness (QED) is 0.266. The third-order valence-electron chi connectivity index (χ3n) is 7.26. The molecule has 4 aromatic rings. The minimum Gasteiger partial charge on any atom is -0.347 e. The Balaban J connectivity index is 1.69. The van der Waals surface area contributed by atoms with E-state index in [1.54, 1.807) is 0 Å². The van der Waals surface area contributed by atoms with E-state index < -0.39 is 0 Å². The monoisotopic (exact) mass is 424 g/mol. The highest BCUT2D eigenvalue weighted by Crippen LogP contribution is 2.25. The van der Waals surface area contributed by atoms with Crippen molar-refractivity contribution in [2.45, 2.75) is 67.7 Å². The van der Waals surface area contributed by atoms with Crippen molar-refractivity contribution in [1.29, 1.82) is 0 Å². The zero-order valence-electron chi connectivity index (χ0n) is 20.1. The number of imidazole rings is 2. The van der Waals surface area contributed by atoms with E-state index in [0.29, 0.717) is 0 Å². The lowest BCUT2D eigenvalue weighted by Gasteiger charge is -2.18. The van der Waals surface area contributed by atoms with Crippen LogP contribution in [-0.2, 0) is 26.2 Å². The number of benzene rings is 2. The van der Waals surface area contributed by atoms with E-state index in [4.69, 9.17) is 0 Å². The summed E-state index contributed by atoms with van der Waals surface area (Å²) >= 11 is 0. The van der Waals surface area contributed by atoms with Gasteiger partial charge in [-0.05, 0) is 122 Å². The van der Waals surface area contributed by atoms with Gasteiger partial charge in [-0.1, -0.05) is 12.1 Å². The first-order valence-electron chi connectivity index (χ1n) is 11.4. The summed E-state index contributed by atoms with van der Waals surface area (Å²) in [6.07, 6.45) is 15.7. The van der Waals surface area contributed by atoms with Crippen LogP contribution >= 0.6 is 0 Å². The summed E-state index contributed by atoms with van der Waals surface area (Å²) in [5.41, 5.74) is 13.7. The molecule has 0 aliphatic carbocycles. The molecule has 4 heteroatoms. The molecule has 5 rings (SSSR count). The normalized spacial score (nSPS) is 13.4. The Bertz CT molecular complexity index is 1140. The second-order valence-electron chi connectivity index (χ2n) is 9.49. The molecule has 0 spiro atoms. The van der Waals surface area contributed by atoms with Crippen molar-refractivity contribution in [3.8, 4) is 0 Å². The molecule has 0 radical (unpaired) electrons. The lowest BCUT2D eigenvalue weighted by Crippen LogP contribution is -2.35. The summed E-state index contributed by atoms with van der Waals surface area (Å²) in [5, 5.41) is 0. The average molecular weight is 425 g/mol. The number of rotatable bonds is 0. The molecule has 0 saturated carbocycles. The van der Waals surface area contributed by atoms with E-state index >= 15 is 0 Å². The van der Waals surface area contributed by atoms with Gasteiger partial charge in [0.15, 0.2) is 0 Å². The second kappa shape index (κ2) is 7.77. The Morgan fingerprint density at radius 1 is 0.594 bits per heavy atom. The van der Waals surface area contributed by atoms with Gasteiger partial charge in [0.05, 0.1) is 26.2 Å². The molecule has 3 heterocycles. The maximum atomic E-state index is 3.57. The molecule has 164 valence electrons. The van der Waals surface area contributed by atoms with Crippen molar-refractivity contribution in [3.63, 3.8) is 0 Å². The summed E-state index contributed by atoms with van der Waals surface area (Å²) in [5.74, 6) is 0. The van der Waals surface area contributed by atoms with Crippen LogP contribution in [-0.4, -0.2) is 9.13 Å². The Morgan fingerprint density at radius 3 is 1.41 bits per heavy atom. The summed E-state index contributed by atoms with van der Waals surface area (Å²) in [4.78, 5) is 0. The van der Waals surface area contributed by atoms with Crippen LogP contribution in [0.5, 0.6) is 0 Å². The largest absolute Gasteiger partial charge is 0.347 e. The fraction of sp³-hybridized carbons (Fsp3) is 0.357. The number of hydrogen-bond donors (Lipinski definition) is 0. The van der Waals surface area contributed by atoms with Crippen LogP contribution in [0, 0.1) is 54.2 Å². The SMILES string of the molecule is Cc1cc(C)c2c(C)c1Cn1[c-][n+](cc1)Cc1c(C)cc(C)c(c1C)C[n+]1[c-]n(cc1)C2. The van der Waals surface area contributed by atoms with Crippen LogP contribution < -0.4 is 9.13 Å². The number of hydrogen-bond acceptors (Lipinski definition) is 0. The van der Waals surface area contributed by atoms with Crippen molar-refractivity contribution in [2.75, 3.05) is 0 Å². The molecule has 32 heavy (non-hydrogen) atoms. The highest BCUT2D eigenvalue weighted by atomic mass is 15.1. The first kappa shape index (κ1) is 20.7. The van der Waals surface area contributed by atoms with E-state index in [0.717, 1.165) is 26.2 Å². The standard InChI is InChI=1S/C28H32N4/c1-19-11-20(2)26-14-30-9-10-32(18-30)16-28-22(4)12-21(3)27(24(28)6)15-31-8-7-29(17-31)13-25(19)23(26)5/h7-12H,13-16H2,1-6H3. The third-order valence-corrected chi connectivity index (χ3v) is 7.26. The van der Waals surface area contributed by atoms with Crippen molar-refractivity contribution in [2.24, 2.45) is 0 Å². The molecule has 1 aliphatic heterocycles. The molecular weight excluding hydrogens is 392 g/mol.